The van der Waals surface area contributed by atoms with Gasteiger partial charge in [-0.25, -0.2) is 9.59 Å². The Balaban J connectivity index is 1.29. The molecule has 9 heteroatoms. The van der Waals surface area contributed by atoms with Crippen LogP contribution in [0, 0.1) is 46.3 Å². The van der Waals surface area contributed by atoms with E-state index in [1.54, 1.807) is 20.8 Å². The average molecular weight is 621 g/mol. The lowest BCUT2D eigenvalue weighted by Crippen LogP contribution is -2.58. The molecule has 0 aromatic rings. The zero-order valence-electron chi connectivity index (χ0n) is 28.3. The van der Waals surface area contributed by atoms with Crippen molar-refractivity contribution in [2.75, 3.05) is 13.7 Å². The number of aliphatic hydroxyl groups is 2. The van der Waals surface area contributed by atoms with Crippen LogP contribution in [0.3, 0.4) is 0 Å². The highest BCUT2D eigenvalue weighted by atomic mass is 16.6. The third kappa shape index (κ3) is 7.56. The third-order valence-electron chi connectivity index (χ3n) is 12.4. The Bertz CT molecular complexity index is 1030. The van der Waals surface area contributed by atoms with E-state index in [0.29, 0.717) is 61.3 Å². The zero-order chi connectivity index (χ0) is 32.4. The lowest BCUT2D eigenvalue weighted by Gasteiger charge is -2.62. The van der Waals surface area contributed by atoms with Gasteiger partial charge in [0.2, 0.25) is 5.91 Å². The van der Waals surface area contributed by atoms with Crippen molar-refractivity contribution in [1.29, 1.82) is 0 Å². The van der Waals surface area contributed by atoms with Gasteiger partial charge in [0.25, 0.3) is 0 Å². The molecule has 9 nitrogen and oxygen atoms in total. The van der Waals surface area contributed by atoms with Gasteiger partial charge in [-0.3, -0.25) is 4.79 Å². The molecule has 0 aromatic carbocycles. The molecule has 4 rings (SSSR count). The van der Waals surface area contributed by atoms with Gasteiger partial charge in [0.1, 0.15) is 11.6 Å². The summed E-state index contributed by atoms with van der Waals surface area (Å²) < 4.78 is 10.2. The van der Waals surface area contributed by atoms with E-state index in [2.05, 4.69) is 31.4 Å². The maximum absolute atomic E-state index is 13.0. The number of ether oxygens (including phenoxy) is 2. The highest BCUT2D eigenvalue weighted by molar-refractivity contribution is 5.84. The number of rotatable bonds is 10. The minimum absolute atomic E-state index is 0.156. The fourth-order valence-electron chi connectivity index (χ4n) is 10.2. The van der Waals surface area contributed by atoms with E-state index < -0.39 is 23.7 Å². The van der Waals surface area contributed by atoms with Gasteiger partial charge in [-0.1, -0.05) is 20.8 Å². The highest BCUT2D eigenvalue weighted by Gasteiger charge is 2.62. The summed E-state index contributed by atoms with van der Waals surface area (Å²) in [7, 11) is 1.32. The fraction of sp³-hybridized carbons (Fsp3) is 0.914. The number of aliphatic hydroxyl groups excluding tert-OH is 2. The van der Waals surface area contributed by atoms with Crippen molar-refractivity contribution < 1.29 is 34.1 Å². The number of hydrogen-bond donors (Lipinski definition) is 4. The van der Waals surface area contributed by atoms with Gasteiger partial charge in [-0.15, -0.1) is 0 Å². The molecule has 4 saturated carbocycles. The molecule has 4 N–H and O–H groups in total. The zero-order valence-corrected chi connectivity index (χ0v) is 28.3. The number of fused-ring (bicyclic) bond motifs is 5. The van der Waals surface area contributed by atoms with Crippen LogP contribution in [-0.4, -0.2) is 65.7 Å². The van der Waals surface area contributed by atoms with Crippen LogP contribution < -0.4 is 10.6 Å². The maximum Gasteiger partial charge on any atom is 0.407 e. The molecule has 0 heterocycles. The van der Waals surface area contributed by atoms with Crippen molar-refractivity contribution in [2.45, 2.75) is 142 Å². The molecule has 4 aliphatic rings. The molecule has 0 aliphatic heterocycles. The summed E-state index contributed by atoms with van der Waals surface area (Å²) in [5.74, 6) is 1.99. The van der Waals surface area contributed by atoms with Crippen molar-refractivity contribution in [3.63, 3.8) is 0 Å². The number of carbonyl (C=O) groups excluding carboxylic acids is 3. The molecule has 2 amide bonds. The Hall–Kier alpha value is -1.87. The Morgan fingerprint density at radius 1 is 0.955 bits per heavy atom. The SMILES string of the molecule is COC(=O)[C@H](CCCNC(=O)OC(C)(C)C)NC(=O)CC[C@@H](C)C1CCC2C3C(CC[C@@]21C)[C@@]1(C)CC[C@@H](O)CC1C[C@@H]3O. The molecule has 4 aliphatic carbocycles. The normalized spacial score (nSPS) is 37.9. The summed E-state index contributed by atoms with van der Waals surface area (Å²) >= 11 is 0. The van der Waals surface area contributed by atoms with Gasteiger partial charge < -0.3 is 30.3 Å². The van der Waals surface area contributed by atoms with Gasteiger partial charge >= 0.3 is 12.1 Å². The first-order valence-corrected chi connectivity index (χ1v) is 17.3. The van der Waals surface area contributed by atoms with Crippen LogP contribution in [0.15, 0.2) is 0 Å². The Morgan fingerprint density at radius 2 is 1.64 bits per heavy atom. The summed E-state index contributed by atoms with van der Waals surface area (Å²) in [6, 6.07) is -0.759. The first-order chi connectivity index (χ1) is 20.6. The van der Waals surface area contributed by atoms with Crippen molar-refractivity contribution in [2.24, 2.45) is 46.3 Å². The van der Waals surface area contributed by atoms with Crippen molar-refractivity contribution in [1.82, 2.24) is 10.6 Å². The van der Waals surface area contributed by atoms with E-state index in [1.165, 1.54) is 13.5 Å². The van der Waals surface area contributed by atoms with Crippen LogP contribution in [0.5, 0.6) is 0 Å². The van der Waals surface area contributed by atoms with Gasteiger partial charge in [0, 0.05) is 13.0 Å². The van der Waals surface area contributed by atoms with E-state index in [0.717, 1.165) is 51.4 Å². The number of alkyl carbamates (subject to hydrolysis) is 1. The monoisotopic (exact) mass is 620 g/mol. The van der Waals surface area contributed by atoms with Crippen LogP contribution >= 0.6 is 0 Å². The maximum atomic E-state index is 13.0. The van der Waals surface area contributed by atoms with E-state index in [1.807, 2.05) is 0 Å². The second-order valence-electron chi connectivity index (χ2n) is 16.2. The first-order valence-electron chi connectivity index (χ1n) is 17.3. The topological polar surface area (TPSA) is 134 Å². The molecule has 44 heavy (non-hydrogen) atoms. The predicted molar refractivity (Wildman–Crippen MR) is 168 cm³/mol. The quantitative estimate of drug-likeness (QED) is 0.191. The summed E-state index contributed by atoms with van der Waals surface area (Å²) in [4.78, 5) is 37.3. The van der Waals surface area contributed by atoms with Crippen LogP contribution in [-0.2, 0) is 19.1 Å². The lowest BCUT2D eigenvalue weighted by molar-refractivity contribution is -0.174. The summed E-state index contributed by atoms with van der Waals surface area (Å²) in [5.41, 5.74) is -0.210. The molecule has 0 spiro atoms. The minimum atomic E-state index is -0.759. The highest BCUT2D eigenvalue weighted by Crippen LogP contribution is 2.68. The van der Waals surface area contributed by atoms with Gasteiger partial charge in [0.15, 0.2) is 0 Å². The largest absolute Gasteiger partial charge is 0.467 e. The second kappa shape index (κ2) is 13.9. The number of esters is 1. The van der Waals surface area contributed by atoms with Gasteiger partial charge in [-0.2, -0.15) is 0 Å². The number of carbonyl (C=O) groups is 3. The molecule has 252 valence electrons. The van der Waals surface area contributed by atoms with E-state index in [4.69, 9.17) is 9.47 Å². The average Bonchev–Trinajstić information content (AvgIpc) is 3.30. The number of nitrogens with one attached hydrogen (secondary N) is 2. The summed E-state index contributed by atoms with van der Waals surface area (Å²) in [5, 5.41) is 27.4. The first kappa shape index (κ1) is 35.0. The molecule has 0 saturated heterocycles. The number of amides is 2. The predicted octanol–water partition coefficient (Wildman–Crippen LogP) is 5.36. The Morgan fingerprint density at radius 3 is 2.32 bits per heavy atom. The van der Waals surface area contributed by atoms with Crippen molar-refractivity contribution in [3.8, 4) is 0 Å². The summed E-state index contributed by atoms with van der Waals surface area (Å²) in [6.45, 7) is 12.9. The molecular formula is C35H60N2O7. The number of hydrogen-bond acceptors (Lipinski definition) is 7. The lowest BCUT2D eigenvalue weighted by atomic mass is 9.43. The van der Waals surface area contributed by atoms with E-state index in [-0.39, 0.29) is 28.9 Å². The molecule has 5 unspecified atom stereocenters. The smallest absolute Gasteiger partial charge is 0.407 e. The van der Waals surface area contributed by atoms with Gasteiger partial charge in [-0.05, 0) is 138 Å². The molecule has 0 radical (unpaired) electrons. The number of methoxy groups -OCH3 is 1. The van der Waals surface area contributed by atoms with Crippen molar-refractivity contribution in [3.05, 3.63) is 0 Å². The van der Waals surface area contributed by atoms with E-state index in [9.17, 15) is 24.6 Å². The molecular weight excluding hydrogens is 560 g/mol. The van der Waals surface area contributed by atoms with Crippen molar-refractivity contribution >= 4 is 18.0 Å². The van der Waals surface area contributed by atoms with Crippen LogP contribution in [0.25, 0.3) is 0 Å². The van der Waals surface area contributed by atoms with Crippen LogP contribution in [0.1, 0.15) is 119 Å². The van der Waals surface area contributed by atoms with E-state index >= 15 is 0 Å². The third-order valence-corrected chi connectivity index (χ3v) is 12.4. The minimum Gasteiger partial charge on any atom is -0.467 e. The fourth-order valence-corrected chi connectivity index (χ4v) is 10.2. The van der Waals surface area contributed by atoms with Crippen LogP contribution in [0.2, 0.25) is 0 Å². The standard InChI is InChI=1S/C35H60N2O7/c1-21(10-13-29(40)37-27(31(41)43-7)9-8-18-36-32(42)44-33(2,3)4)24-11-12-25-30-26(15-17-35(24,25)6)34(5)16-14-23(38)19-22(34)20-28(30)39/h21-28,30,38-39H,8-20H2,1-7H3,(H,36,42)(H,37,40)/t21-,22?,23-,24?,25?,26?,27+,28+,30?,34+,35-/m1/s1. The van der Waals surface area contributed by atoms with Gasteiger partial charge in [0.05, 0.1) is 19.3 Å². The Labute approximate surface area is 265 Å². The molecule has 0 bridgehead atoms. The Kier molecular flexibility index (Phi) is 11.0. The summed E-state index contributed by atoms with van der Waals surface area (Å²) in [6.07, 6.45) is 9.12. The molecule has 4 fully saturated rings. The second-order valence-corrected chi connectivity index (χ2v) is 16.2. The van der Waals surface area contributed by atoms with Crippen LogP contribution in [0.4, 0.5) is 4.79 Å². The molecule has 11 atom stereocenters. The molecule has 0 aromatic heterocycles.